The molecule has 0 saturated carbocycles. The Hall–Kier alpha value is -3.25. The third-order valence-electron chi connectivity index (χ3n) is 4.55. The monoisotopic (exact) mass is 378 g/mol. The molecule has 0 fully saturated rings. The van der Waals surface area contributed by atoms with E-state index in [4.69, 9.17) is 0 Å². The summed E-state index contributed by atoms with van der Waals surface area (Å²) in [4.78, 5) is 28.5. The number of aromatic nitrogens is 2. The number of hydrogen-bond acceptors (Lipinski definition) is 4. The summed E-state index contributed by atoms with van der Waals surface area (Å²) < 4.78 is 1.24. The van der Waals surface area contributed by atoms with Gasteiger partial charge >= 0.3 is 5.97 Å². The molecule has 3 rings (SSSR count). The van der Waals surface area contributed by atoms with Crippen molar-refractivity contribution in [2.45, 2.75) is 32.4 Å². The van der Waals surface area contributed by atoms with Crippen molar-refractivity contribution >= 4 is 5.97 Å². The van der Waals surface area contributed by atoms with E-state index in [2.05, 4.69) is 4.98 Å². The summed E-state index contributed by atoms with van der Waals surface area (Å²) in [5, 5.41) is 18.6. The molecule has 0 aliphatic carbocycles. The van der Waals surface area contributed by atoms with Crippen molar-refractivity contribution in [3.05, 3.63) is 88.0 Å². The van der Waals surface area contributed by atoms with E-state index in [0.29, 0.717) is 28.9 Å². The largest absolute Gasteiger partial charge is 0.480 e. The standard InChI is InChI=1S/C22H22N2O4/c25-15-17-9-4-10-18(12-17)20-13-23-19(22(28)24(20)14-21(26)27)11-5-8-16-6-2-1-3-7-16/h1-4,6-7,9-10,12-13,25H,5,8,11,14-15H2,(H,26,27). The number of carbonyl (C=O) groups is 1. The highest BCUT2D eigenvalue weighted by molar-refractivity contribution is 5.69. The molecule has 2 aromatic carbocycles. The summed E-state index contributed by atoms with van der Waals surface area (Å²) in [6.07, 6.45) is 3.59. The number of aliphatic hydroxyl groups is 1. The van der Waals surface area contributed by atoms with Crippen LogP contribution in [-0.2, 0) is 30.8 Å². The van der Waals surface area contributed by atoms with Crippen molar-refractivity contribution in [1.82, 2.24) is 9.55 Å². The molecule has 0 spiro atoms. The number of aryl methyl sites for hydroxylation is 2. The fourth-order valence-electron chi connectivity index (χ4n) is 3.16. The van der Waals surface area contributed by atoms with Gasteiger partial charge < -0.3 is 10.2 Å². The van der Waals surface area contributed by atoms with E-state index in [9.17, 15) is 19.8 Å². The summed E-state index contributed by atoms with van der Waals surface area (Å²) in [7, 11) is 0. The van der Waals surface area contributed by atoms with Crippen LogP contribution in [-0.4, -0.2) is 25.7 Å². The first kappa shape index (κ1) is 19.5. The fraction of sp³-hybridized carbons (Fsp3) is 0.227. The number of benzene rings is 2. The van der Waals surface area contributed by atoms with E-state index >= 15 is 0 Å². The highest BCUT2D eigenvalue weighted by atomic mass is 16.4. The van der Waals surface area contributed by atoms with Crippen molar-refractivity contribution < 1.29 is 15.0 Å². The Kier molecular flexibility index (Phi) is 6.34. The lowest BCUT2D eigenvalue weighted by Crippen LogP contribution is -2.29. The molecule has 3 aromatic rings. The van der Waals surface area contributed by atoms with E-state index in [-0.39, 0.29) is 12.2 Å². The van der Waals surface area contributed by atoms with Crippen LogP contribution >= 0.6 is 0 Å². The summed E-state index contributed by atoms with van der Waals surface area (Å²) in [6, 6.07) is 17.0. The number of aliphatic carboxylic acids is 1. The zero-order valence-electron chi connectivity index (χ0n) is 15.4. The maximum absolute atomic E-state index is 12.9. The molecule has 144 valence electrons. The van der Waals surface area contributed by atoms with E-state index in [1.165, 1.54) is 10.1 Å². The minimum absolute atomic E-state index is 0.137. The maximum Gasteiger partial charge on any atom is 0.323 e. The normalized spacial score (nSPS) is 10.8. The molecule has 0 bridgehead atoms. The van der Waals surface area contributed by atoms with E-state index < -0.39 is 12.5 Å². The summed E-state index contributed by atoms with van der Waals surface area (Å²) in [5.74, 6) is -1.09. The summed E-state index contributed by atoms with van der Waals surface area (Å²) in [5.41, 5.74) is 2.91. The molecule has 6 heteroatoms. The zero-order chi connectivity index (χ0) is 19.9. The van der Waals surface area contributed by atoms with Gasteiger partial charge in [0.1, 0.15) is 12.2 Å². The number of nitrogens with zero attached hydrogens (tertiary/aromatic N) is 2. The van der Waals surface area contributed by atoms with E-state index in [0.717, 1.165) is 12.8 Å². The number of carboxylic acid groups (broad SMARTS) is 1. The van der Waals surface area contributed by atoms with E-state index in [1.807, 2.05) is 30.3 Å². The molecule has 0 aliphatic heterocycles. The van der Waals surface area contributed by atoms with Crippen molar-refractivity contribution in [3.63, 3.8) is 0 Å². The minimum atomic E-state index is -1.09. The van der Waals surface area contributed by atoms with Crippen LogP contribution in [0.4, 0.5) is 0 Å². The van der Waals surface area contributed by atoms with Crippen LogP contribution in [0, 0.1) is 0 Å². The van der Waals surface area contributed by atoms with Crippen LogP contribution in [0.1, 0.15) is 23.2 Å². The Labute approximate surface area is 162 Å². The van der Waals surface area contributed by atoms with Gasteiger partial charge in [0.2, 0.25) is 0 Å². The lowest BCUT2D eigenvalue weighted by Gasteiger charge is -2.13. The van der Waals surface area contributed by atoms with Gasteiger partial charge in [-0.15, -0.1) is 0 Å². The SMILES string of the molecule is O=C(O)Cn1c(-c2cccc(CO)c2)cnc(CCCc2ccccc2)c1=O. The Morgan fingerprint density at radius 3 is 2.46 bits per heavy atom. The molecule has 0 aliphatic rings. The second kappa shape index (κ2) is 9.10. The van der Waals surface area contributed by atoms with Crippen molar-refractivity contribution in [2.75, 3.05) is 0 Å². The molecule has 1 heterocycles. The van der Waals surface area contributed by atoms with Gasteiger partial charge in [0.15, 0.2) is 0 Å². The molecule has 0 amide bonds. The molecular weight excluding hydrogens is 356 g/mol. The average molecular weight is 378 g/mol. The smallest absolute Gasteiger partial charge is 0.323 e. The van der Waals surface area contributed by atoms with Crippen molar-refractivity contribution in [2.24, 2.45) is 0 Å². The van der Waals surface area contributed by atoms with Crippen LogP contribution in [0.3, 0.4) is 0 Å². The Balaban J connectivity index is 1.89. The number of carboxylic acids is 1. The summed E-state index contributed by atoms with van der Waals surface area (Å²) >= 11 is 0. The second-order valence-electron chi connectivity index (χ2n) is 6.57. The third-order valence-corrected chi connectivity index (χ3v) is 4.55. The predicted octanol–water partition coefficient (Wildman–Crippen LogP) is 2.66. The van der Waals surface area contributed by atoms with Gasteiger partial charge in [-0.05, 0) is 36.5 Å². The van der Waals surface area contributed by atoms with Gasteiger partial charge in [-0.25, -0.2) is 0 Å². The minimum Gasteiger partial charge on any atom is -0.480 e. The van der Waals surface area contributed by atoms with E-state index in [1.54, 1.807) is 30.5 Å². The van der Waals surface area contributed by atoms with Crippen LogP contribution < -0.4 is 5.56 Å². The van der Waals surface area contributed by atoms with Gasteiger partial charge in [-0.3, -0.25) is 19.1 Å². The molecule has 0 unspecified atom stereocenters. The number of aliphatic hydroxyl groups excluding tert-OH is 1. The molecule has 0 radical (unpaired) electrons. The quantitative estimate of drug-likeness (QED) is 0.629. The molecular formula is C22H22N2O4. The molecule has 0 atom stereocenters. The first-order valence-electron chi connectivity index (χ1n) is 9.13. The average Bonchev–Trinajstić information content (AvgIpc) is 2.71. The molecule has 6 nitrogen and oxygen atoms in total. The van der Waals surface area contributed by atoms with Gasteiger partial charge in [-0.1, -0.05) is 48.5 Å². The number of rotatable bonds is 8. The Morgan fingerprint density at radius 1 is 1.00 bits per heavy atom. The van der Waals surface area contributed by atoms with Crippen LogP contribution in [0.2, 0.25) is 0 Å². The predicted molar refractivity (Wildman–Crippen MR) is 106 cm³/mol. The first-order valence-corrected chi connectivity index (χ1v) is 9.13. The fourth-order valence-corrected chi connectivity index (χ4v) is 3.16. The van der Waals surface area contributed by atoms with Gasteiger partial charge in [0.05, 0.1) is 18.5 Å². The molecule has 0 saturated heterocycles. The zero-order valence-corrected chi connectivity index (χ0v) is 15.4. The van der Waals surface area contributed by atoms with Crippen LogP contribution in [0.25, 0.3) is 11.3 Å². The topological polar surface area (TPSA) is 92.4 Å². The van der Waals surface area contributed by atoms with Crippen molar-refractivity contribution in [1.29, 1.82) is 0 Å². The Bertz CT molecular complexity index is 1010. The first-order chi connectivity index (χ1) is 13.6. The lowest BCUT2D eigenvalue weighted by atomic mass is 10.1. The second-order valence-corrected chi connectivity index (χ2v) is 6.57. The highest BCUT2D eigenvalue weighted by Gasteiger charge is 2.14. The number of hydrogen-bond donors (Lipinski definition) is 2. The van der Waals surface area contributed by atoms with Crippen LogP contribution in [0.5, 0.6) is 0 Å². The maximum atomic E-state index is 12.9. The highest BCUT2D eigenvalue weighted by Crippen LogP contribution is 2.19. The van der Waals surface area contributed by atoms with Gasteiger partial charge in [-0.2, -0.15) is 0 Å². The van der Waals surface area contributed by atoms with Gasteiger partial charge in [0, 0.05) is 5.56 Å². The molecule has 2 N–H and O–H groups in total. The molecule has 1 aromatic heterocycles. The Morgan fingerprint density at radius 2 is 1.75 bits per heavy atom. The van der Waals surface area contributed by atoms with Crippen LogP contribution in [0.15, 0.2) is 65.6 Å². The summed E-state index contributed by atoms with van der Waals surface area (Å²) in [6.45, 7) is -0.576. The van der Waals surface area contributed by atoms with Crippen molar-refractivity contribution in [3.8, 4) is 11.3 Å². The third kappa shape index (κ3) is 4.72. The lowest BCUT2D eigenvalue weighted by molar-refractivity contribution is -0.137. The van der Waals surface area contributed by atoms with Gasteiger partial charge in [0.25, 0.3) is 5.56 Å². The molecule has 28 heavy (non-hydrogen) atoms.